The molecule has 2 rings (SSSR count). The van der Waals surface area contributed by atoms with Crippen molar-refractivity contribution in [2.24, 2.45) is 10.9 Å². The molecule has 0 radical (unpaired) electrons. The zero-order chi connectivity index (χ0) is 17.4. The summed E-state index contributed by atoms with van der Waals surface area (Å²) in [5, 5.41) is 6.66. The van der Waals surface area contributed by atoms with Crippen LogP contribution in [0.5, 0.6) is 0 Å². The van der Waals surface area contributed by atoms with Gasteiger partial charge in [0.05, 0.1) is 0 Å². The average molecular weight is 330 g/mol. The van der Waals surface area contributed by atoms with Gasteiger partial charge < -0.3 is 15.5 Å². The maximum Gasteiger partial charge on any atom is 0.222 e. The number of likely N-dealkylation sites (tertiary alicyclic amines) is 1. The molecule has 1 aliphatic rings. The number of rotatable bonds is 7. The van der Waals surface area contributed by atoms with Crippen LogP contribution in [0.3, 0.4) is 0 Å². The molecule has 0 aliphatic carbocycles. The zero-order valence-corrected chi connectivity index (χ0v) is 15.1. The van der Waals surface area contributed by atoms with Gasteiger partial charge >= 0.3 is 0 Å². The molecule has 2 N–H and O–H groups in total. The minimum atomic E-state index is 0.275. The van der Waals surface area contributed by atoms with Gasteiger partial charge in [-0.2, -0.15) is 0 Å². The Bertz CT molecular complexity index is 551. The standard InChI is InChI=1S/C19H30N4O/c1-15(2)10-11-21-19(20-3)22-13-16-6-8-17(9-7-16)14-23-12-4-5-18(23)24/h6-9,15H,4-5,10-14H2,1-3H3,(H2,20,21,22). The van der Waals surface area contributed by atoms with Crippen LogP contribution in [-0.4, -0.2) is 36.9 Å². The van der Waals surface area contributed by atoms with E-state index in [2.05, 4.69) is 53.7 Å². The lowest BCUT2D eigenvalue weighted by Gasteiger charge is -2.16. The molecular formula is C19H30N4O. The largest absolute Gasteiger partial charge is 0.356 e. The van der Waals surface area contributed by atoms with E-state index in [4.69, 9.17) is 0 Å². The van der Waals surface area contributed by atoms with Crippen molar-refractivity contribution in [3.63, 3.8) is 0 Å². The third-order valence-corrected chi connectivity index (χ3v) is 4.27. The van der Waals surface area contributed by atoms with Crippen molar-refractivity contribution in [2.45, 2.75) is 46.2 Å². The van der Waals surface area contributed by atoms with Crippen LogP contribution in [0.2, 0.25) is 0 Å². The van der Waals surface area contributed by atoms with Crippen molar-refractivity contribution in [1.29, 1.82) is 0 Å². The Morgan fingerprint density at radius 2 is 1.92 bits per heavy atom. The Morgan fingerprint density at radius 3 is 2.50 bits per heavy atom. The maximum atomic E-state index is 11.7. The Labute approximate surface area is 145 Å². The van der Waals surface area contributed by atoms with Crippen LogP contribution >= 0.6 is 0 Å². The lowest BCUT2D eigenvalue weighted by atomic mass is 10.1. The summed E-state index contributed by atoms with van der Waals surface area (Å²) in [6.45, 7) is 7.72. The van der Waals surface area contributed by atoms with Gasteiger partial charge in [-0.05, 0) is 29.9 Å². The molecule has 1 aromatic rings. The van der Waals surface area contributed by atoms with E-state index in [-0.39, 0.29) is 5.91 Å². The van der Waals surface area contributed by atoms with Gasteiger partial charge in [0.15, 0.2) is 5.96 Å². The topological polar surface area (TPSA) is 56.7 Å². The number of amides is 1. The molecule has 1 amide bonds. The summed E-state index contributed by atoms with van der Waals surface area (Å²) in [7, 11) is 1.79. The molecule has 5 heteroatoms. The first-order valence-electron chi connectivity index (χ1n) is 8.88. The van der Waals surface area contributed by atoms with E-state index in [0.29, 0.717) is 12.3 Å². The van der Waals surface area contributed by atoms with Crippen molar-refractivity contribution in [3.05, 3.63) is 35.4 Å². The molecule has 1 saturated heterocycles. The summed E-state index contributed by atoms with van der Waals surface area (Å²) < 4.78 is 0. The van der Waals surface area contributed by atoms with Gasteiger partial charge in [-0.15, -0.1) is 0 Å². The van der Waals surface area contributed by atoms with Crippen LogP contribution in [0, 0.1) is 5.92 Å². The van der Waals surface area contributed by atoms with Crippen molar-refractivity contribution < 1.29 is 4.79 Å². The highest BCUT2D eigenvalue weighted by atomic mass is 16.2. The lowest BCUT2D eigenvalue weighted by Crippen LogP contribution is -2.37. The van der Waals surface area contributed by atoms with Crippen molar-refractivity contribution in [3.8, 4) is 0 Å². The molecule has 0 aromatic heterocycles. The monoisotopic (exact) mass is 330 g/mol. The Morgan fingerprint density at radius 1 is 1.21 bits per heavy atom. The van der Waals surface area contributed by atoms with Crippen molar-refractivity contribution in [2.75, 3.05) is 20.1 Å². The molecule has 132 valence electrons. The number of guanidine groups is 1. The van der Waals surface area contributed by atoms with Crippen LogP contribution in [0.15, 0.2) is 29.3 Å². The summed E-state index contributed by atoms with van der Waals surface area (Å²) in [5.41, 5.74) is 2.40. The Balaban J connectivity index is 1.77. The van der Waals surface area contributed by atoms with E-state index in [1.54, 1.807) is 7.05 Å². The first kappa shape index (κ1) is 18.3. The number of carbonyl (C=O) groups excluding carboxylic acids is 1. The molecule has 0 saturated carbocycles. The van der Waals surface area contributed by atoms with Gasteiger partial charge in [0.25, 0.3) is 0 Å². The summed E-state index contributed by atoms with van der Waals surface area (Å²) in [5.74, 6) is 1.80. The van der Waals surface area contributed by atoms with Crippen LogP contribution in [0.4, 0.5) is 0 Å². The zero-order valence-electron chi connectivity index (χ0n) is 15.1. The summed E-state index contributed by atoms with van der Waals surface area (Å²) in [6.07, 6.45) is 2.82. The van der Waals surface area contributed by atoms with Gasteiger partial charge in [-0.3, -0.25) is 9.79 Å². The highest BCUT2D eigenvalue weighted by Crippen LogP contribution is 2.14. The molecule has 1 aliphatic heterocycles. The first-order chi connectivity index (χ1) is 11.6. The smallest absolute Gasteiger partial charge is 0.222 e. The third-order valence-electron chi connectivity index (χ3n) is 4.27. The second-order valence-corrected chi connectivity index (χ2v) is 6.77. The van der Waals surface area contributed by atoms with Crippen LogP contribution in [0.25, 0.3) is 0 Å². The minimum Gasteiger partial charge on any atom is -0.356 e. The van der Waals surface area contributed by atoms with E-state index in [1.807, 2.05) is 4.90 Å². The minimum absolute atomic E-state index is 0.275. The van der Waals surface area contributed by atoms with Crippen molar-refractivity contribution in [1.82, 2.24) is 15.5 Å². The summed E-state index contributed by atoms with van der Waals surface area (Å²) in [6, 6.07) is 8.45. The molecule has 5 nitrogen and oxygen atoms in total. The molecular weight excluding hydrogens is 300 g/mol. The predicted octanol–water partition coefficient (Wildman–Crippen LogP) is 2.52. The van der Waals surface area contributed by atoms with Crippen LogP contribution < -0.4 is 10.6 Å². The molecule has 1 heterocycles. The number of hydrogen-bond donors (Lipinski definition) is 2. The molecule has 24 heavy (non-hydrogen) atoms. The lowest BCUT2D eigenvalue weighted by molar-refractivity contribution is -0.128. The number of carbonyl (C=O) groups is 1. The highest BCUT2D eigenvalue weighted by molar-refractivity contribution is 5.79. The number of benzene rings is 1. The number of nitrogens with one attached hydrogen (secondary N) is 2. The fourth-order valence-electron chi connectivity index (χ4n) is 2.74. The molecule has 0 atom stereocenters. The van der Waals surface area contributed by atoms with Gasteiger partial charge in [0.1, 0.15) is 0 Å². The molecule has 0 spiro atoms. The van der Waals surface area contributed by atoms with E-state index >= 15 is 0 Å². The molecule has 1 fully saturated rings. The Kier molecular flexibility index (Phi) is 7.09. The van der Waals surface area contributed by atoms with Gasteiger partial charge in [-0.25, -0.2) is 0 Å². The predicted molar refractivity (Wildman–Crippen MR) is 98.7 cm³/mol. The number of hydrogen-bond acceptors (Lipinski definition) is 2. The molecule has 0 unspecified atom stereocenters. The quantitative estimate of drug-likeness (QED) is 0.597. The van der Waals surface area contributed by atoms with Crippen LogP contribution in [0.1, 0.15) is 44.2 Å². The fourth-order valence-corrected chi connectivity index (χ4v) is 2.74. The van der Waals surface area contributed by atoms with E-state index in [9.17, 15) is 4.79 Å². The Hall–Kier alpha value is -2.04. The SMILES string of the molecule is CN=C(NCCC(C)C)NCc1ccc(CN2CCCC2=O)cc1. The third kappa shape index (κ3) is 5.87. The van der Waals surface area contributed by atoms with E-state index in [0.717, 1.165) is 45.0 Å². The molecule has 1 aromatic carbocycles. The second-order valence-electron chi connectivity index (χ2n) is 6.77. The van der Waals surface area contributed by atoms with E-state index < -0.39 is 0 Å². The second kappa shape index (κ2) is 9.30. The van der Waals surface area contributed by atoms with Crippen molar-refractivity contribution >= 4 is 11.9 Å². The summed E-state index contributed by atoms with van der Waals surface area (Å²) >= 11 is 0. The van der Waals surface area contributed by atoms with Crippen LogP contribution in [-0.2, 0) is 17.9 Å². The molecule has 0 bridgehead atoms. The normalized spacial score (nSPS) is 15.2. The number of aliphatic imine (C=N–C) groups is 1. The van der Waals surface area contributed by atoms with Gasteiger partial charge in [0.2, 0.25) is 5.91 Å². The van der Waals surface area contributed by atoms with Gasteiger partial charge in [0, 0.05) is 39.6 Å². The summed E-state index contributed by atoms with van der Waals surface area (Å²) in [4.78, 5) is 17.9. The van der Waals surface area contributed by atoms with Gasteiger partial charge in [-0.1, -0.05) is 38.1 Å². The number of nitrogens with zero attached hydrogens (tertiary/aromatic N) is 2. The fraction of sp³-hybridized carbons (Fsp3) is 0.579. The highest BCUT2D eigenvalue weighted by Gasteiger charge is 2.19. The first-order valence-corrected chi connectivity index (χ1v) is 8.88. The van der Waals surface area contributed by atoms with E-state index in [1.165, 1.54) is 11.1 Å². The maximum absolute atomic E-state index is 11.7. The average Bonchev–Trinajstić information content (AvgIpc) is 2.97.